The van der Waals surface area contributed by atoms with Crippen molar-refractivity contribution in [3.63, 3.8) is 0 Å². The average molecular weight is 377 g/mol. The highest BCUT2D eigenvalue weighted by atomic mass is 79.9. The maximum absolute atomic E-state index is 11.7. The van der Waals surface area contributed by atoms with Crippen LogP contribution in [-0.2, 0) is 4.79 Å². The van der Waals surface area contributed by atoms with Crippen molar-refractivity contribution in [2.75, 3.05) is 36.4 Å². The molecule has 2 heterocycles. The highest BCUT2D eigenvalue weighted by Crippen LogP contribution is 2.16. The van der Waals surface area contributed by atoms with Gasteiger partial charge in [0.05, 0.1) is 0 Å². The minimum Gasteiger partial charge on any atom is -0.353 e. The highest BCUT2D eigenvalue weighted by Gasteiger charge is 2.21. The molecule has 0 atom stereocenters. The summed E-state index contributed by atoms with van der Waals surface area (Å²) in [6, 6.07) is 3.99. The Bertz CT molecular complexity index is 402. The van der Waals surface area contributed by atoms with E-state index in [1.807, 2.05) is 17.0 Å². The maximum Gasteiger partial charge on any atom is 0.223 e. The van der Waals surface area contributed by atoms with Gasteiger partial charge in [-0.05, 0) is 28.1 Å². The number of aromatic nitrogens is 1. The van der Waals surface area contributed by atoms with E-state index in [4.69, 9.17) is 0 Å². The molecule has 0 unspecified atom stereocenters. The van der Waals surface area contributed by atoms with Crippen LogP contribution in [0.2, 0.25) is 0 Å². The highest BCUT2D eigenvalue weighted by molar-refractivity contribution is 9.10. The number of hydrogen-bond acceptors (Lipinski definition) is 3. The molecule has 1 amide bonds. The van der Waals surface area contributed by atoms with Crippen molar-refractivity contribution in [3.05, 3.63) is 22.8 Å². The van der Waals surface area contributed by atoms with Gasteiger partial charge >= 0.3 is 0 Å². The van der Waals surface area contributed by atoms with Crippen LogP contribution in [0.15, 0.2) is 22.8 Å². The van der Waals surface area contributed by atoms with Crippen LogP contribution in [0.4, 0.5) is 5.82 Å². The lowest BCUT2D eigenvalue weighted by Gasteiger charge is -2.35. The molecule has 1 aliphatic heterocycles. The summed E-state index contributed by atoms with van der Waals surface area (Å²) in [5, 5.41) is 0.736. The number of halogens is 2. The van der Waals surface area contributed by atoms with Gasteiger partial charge in [0, 0.05) is 48.6 Å². The Morgan fingerprint density at radius 2 is 2.00 bits per heavy atom. The molecule has 1 saturated heterocycles. The van der Waals surface area contributed by atoms with Crippen molar-refractivity contribution in [3.8, 4) is 0 Å². The molecular formula is C12H15Br2N3O. The zero-order valence-electron chi connectivity index (χ0n) is 9.98. The lowest BCUT2D eigenvalue weighted by atomic mass is 10.3. The molecule has 0 N–H and O–H groups in total. The molecule has 2 rings (SSSR count). The van der Waals surface area contributed by atoms with E-state index in [9.17, 15) is 4.79 Å². The van der Waals surface area contributed by atoms with Crippen molar-refractivity contribution in [2.45, 2.75) is 6.42 Å². The lowest BCUT2D eigenvalue weighted by Crippen LogP contribution is -2.49. The quantitative estimate of drug-likeness (QED) is 0.759. The molecule has 0 spiro atoms. The molecule has 0 aliphatic carbocycles. The summed E-state index contributed by atoms with van der Waals surface area (Å²) in [6.45, 7) is 3.26. The second-order valence-corrected chi connectivity index (χ2v) is 5.85. The summed E-state index contributed by atoms with van der Waals surface area (Å²) in [6.07, 6.45) is 2.38. The zero-order valence-corrected chi connectivity index (χ0v) is 13.2. The van der Waals surface area contributed by atoms with Crippen molar-refractivity contribution in [1.82, 2.24) is 9.88 Å². The van der Waals surface area contributed by atoms with E-state index in [0.717, 1.165) is 41.8 Å². The van der Waals surface area contributed by atoms with Gasteiger partial charge in [-0.2, -0.15) is 0 Å². The molecular weight excluding hydrogens is 362 g/mol. The number of amides is 1. The Labute approximate surface area is 124 Å². The number of rotatable bonds is 3. The molecule has 0 saturated carbocycles. The van der Waals surface area contributed by atoms with Crippen LogP contribution < -0.4 is 4.90 Å². The van der Waals surface area contributed by atoms with Crippen LogP contribution in [0, 0.1) is 0 Å². The summed E-state index contributed by atoms with van der Waals surface area (Å²) in [7, 11) is 0. The number of pyridine rings is 1. The number of nitrogens with zero attached hydrogens (tertiary/aromatic N) is 3. The molecule has 1 aliphatic rings. The largest absolute Gasteiger partial charge is 0.353 e. The third-order valence-electron chi connectivity index (χ3n) is 2.98. The van der Waals surface area contributed by atoms with E-state index in [-0.39, 0.29) is 5.91 Å². The van der Waals surface area contributed by atoms with E-state index in [1.54, 1.807) is 6.20 Å². The average Bonchev–Trinajstić information content (AvgIpc) is 2.40. The molecule has 4 nitrogen and oxygen atoms in total. The first-order valence-corrected chi connectivity index (χ1v) is 7.82. The smallest absolute Gasteiger partial charge is 0.223 e. The second kappa shape index (κ2) is 6.52. The first kappa shape index (κ1) is 13.8. The Morgan fingerprint density at radius 1 is 1.28 bits per heavy atom. The number of hydrogen-bond donors (Lipinski definition) is 0. The summed E-state index contributed by atoms with van der Waals surface area (Å²) in [4.78, 5) is 20.3. The molecule has 1 aromatic rings. The van der Waals surface area contributed by atoms with E-state index < -0.39 is 0 Å². The Kier molecular flexibility index (Phi) is 5.00. The number of anilines is 1. The van der Waals surface area contributed by atoms with Crippen molar-refractivity contribution < 1.29 is 4.79 Å². The van der Waals surface area contributed by atoms with Crippen molar-refractivity contribution >= 4 is 43.6 Å². The molecule has 6 heteroatoms. The van der Waals surface area contributed by atoms with Crippen LogP contribution in [0.5, 0.6) is 0 Å². The third-order valence-corrected chi connectivity index (χ3v) is 3.84. The van der Waals surface area contributed by atoms with Gasteiger partial charge in [-0.25, -0.2) is 4.98 Å². The fourth-order valence-corrected chi connectivity index (χ4v) is 2.55. The molecule has 0 aromatic carbocycles. The van der Waals surface area contributed by atoms with Crippen LogP contribution >= 0.6 is 31.9 Å². The standard InChI is InChI=1S/C12H15Br2N3O/c13-4-3-12(18)17-7-5-16(6-8-17)11-2-1-10(14)9-15-11/h1-2,9H,3-8H2. The molecule has 0 bridgehead atoms. The van der Waals surface area contributed by atoms with Crippen LogP contribution in [0.25, 0.3) is 0 Å². The van der Waals surface area contributed by atoms with Gasteiger partial charge in [-0.3, -0.25) is 4.79 Å². The monoisotopic (exact) mass is 375 g/mol. The maximum atomic E-state index is 11.7. The third kappa shape index (κ3) is 3.45. The summed E-state index contributed by atoms with van der Waals surface area (Å²) < 4.78 is 0.984. The van der Waals surface area contributed by atoms with Gasteiger partial charge in [0.25, 0.3) is 0 Å². The van der Waals surface area contributed by atoms with E-state index in [1.165, 1.54) is 0 Å². The lowest BCUT2D eigenvalue weighted by molar-refractivity contribution is -0.131. The fraction of sp³-hybridized carbons (Fsp3) is 0.500. The SMILES string of the molecule is O=C(CCBr)N1CCN(c2ccc(Br)cn2)CC1. The first-order valence-electron chi connectivity index (χ1n) is 5.91. The predicted molar refractivity (Wildman–Crippen MR) is 79.1 cm³/mol. The summed E-state index contributed by atoms with van der Waals surface area (Å²) in [5.74, 6) is 1.21. The van der Waals surface area contributed by atoms with Crippen LogP contribution in [-0.4, -0.2) is 47.3 Å². The van der Waals surface area contributed by atoms with Gasteiger partial charge in [0.15, 0.2) is 0 Å². The summed E-state index contributed by atoms with van der Waals surface area (Å²) in [5.41, 5.74) is 0. The van der Waals surface area contributed by atoms with Gasteiger partial charge in [0.2, 0.25) is 5.91 Å². The predicted octanol–water partition coefficient (Wildman–Crippen LogP) is 2.28. The zero-order chi connectivity index (χ0) is 13.0. The topological polar surface area (TPSA) is 36.4 Å². The van der Waals surface area contributed by atoms with Crippen LogP contribution in [0.3, 0.4) is 0 Å². The molecule has 98 valence electrons. The Balaban J connectivity index is 1.90. The Hall–Kier alpha value is -0.620. The van der Waals surface area contributed by atoms with Crippen molar-refractivity contribution in [1.29, 1.82) is 0 Å². The molecule has 0 radical (unpaired) electrons. The first-order chi connectivity index (χ1) is 8.70. The van der Waals surface area contributed by atoms with Gasteiger partial charge < -0.3 is 9.80 Å². The number of carbonyl (C=O) groups is 1. The second-order valence-electron chi connectivity index (χ2n) is 4.14. The Morgan fingerprint density at radius 3 is 2.56 bits per heavy atom. The van der Waals surface area contributed by atoms with Gasteiger partial charge in [-0.15, -0.1) is 0 Å². The summed E-state index contributed by atoms with van der Waals surface area (Å²) >= 11 is 6.68. The number of carbonyl (C=O) groups excluding carboxylic acids is 1. The molecule has 1 fully saturated rings. The van der Waals surface area contributed by atoms with Crippen LogP contribution in [0.1, 0.15) is 6.42 Å². The normalized spacial score (nSPS) is 15.9. The number of piperazine rings is 1. The van der Waals surface area contributed by atoms with Gasteiger partial charge in [0.1, 0.15) is 5.82 Å². The minimum absolute atomic E-state index is 0.232. The van der Waals surface area contributed by atoms with Crippen molar-refractivity contribution in [2.24, 2.45) is 0 Å². The number of alkyl halides is 1. The van der Waals surface area contributed by atoms with E-state index >= 15 is 0 Å². The minimum atomic E-state index is 0.232. The van der Waals surface area contributed by atoms with E-state index in [0.29, 0.717) is 6.42 Å². The fourth-order valence-electron chi connectivity index (χ4n) is 1.98. The molecule has 18 heavy (non-hydrogen) atoms. The molecule has 1 aromatic heterocycles. The van der Waals surface area contributed by atoms with Gasteiger partial charge in [-0.1, -0.05) is 15.9 Å². The van der Waals surface area contributed by atoms with E-state index in [2.05, 4.69) is 41.7 Å².